The second-order valence-electron chi connectivity index (χ2n) is 4.77. The van der Waals surface area contributed by atoms with Crippen molar-refractivity contribution in [2.45, 2.75) is 39.2 Å². The predicted molar refractivity (Wildman–Crippen MR) is 80.1 cm³/mol. The lowest BCUT2D eigenvalue weighted by atomic mass is 10.1. The number of halogens is 1. The first-order valence-corrected chi connectivity index (χ1v) is 7.33. The number of hydrogen-bond donors (Lipinski definition) is 0. The molecular weight excluding hydrogens is 290 g/mol. The molecule has 100 valence electrons. The zero-order valence-corrected chi connectivity index (χ0v) is 13.0. The summed E-state index contributed by atoms with van der Waals surface area (Å²) >= 11 is 3.37. The number of carbonyl (C=O) groups excluding carboxylic acids is 1. The highest BCUT2D eigenvalue weighted by Gasteiger charge is 2.09. The molecule has 0 fully saturated rings. The van der Waals surface area contributed by atoms with E-state index in [4.69, 9.17) is 0 Å². The Morgan fingerprint density at radius 3 is 2.50 bits per heavy atom. The quantitative estimate of drug-likeness (QED) is 0.705. The first-order chi connectivity index (χ1) is 8.54. The van der Waals surface area contributed by atoms with Crippen molar-refractivity contribution in [1.82, 2.24) is 4.90 Å². The highest BCUT2D eigenvalue weighted by Crippen LogP contribution is 2.13. The van der Waals surface area contributed by atoms with Crippen LogP contribution in [0.1, 0.15) is 43.5 Å². The second kappa shape index (κ2) is 7.70. The maximum atomic E-state index is 11.9. The molecule has 0 aliphatic carbocycles. The molecule has 0 aromatic heterocycles. The summed E-state index contributed by atoms with van der Waals surface area (Å²) in [4.78, 5) is 14.3. The Morgan fingerprint density at radius 2 is 1.94 bits per heavy atom. The van der Waals surface area contributed by atoms with Gasteiger partial charge in [-0.2, -0.15) is 0 Å². The summed E-state index contributed by atoms with van der Waals surface area (Å²) in [6.45, 7) is 5.39. The minimum atomic E-state index is 0.236. The van der Waals surface area contributed by atoms with Crippen molar-refractivity contribution in [2.24, 2.45) is 0 Å². The summed E-state index contributed by atoms with van der Waals surface area (Å²) in [5.74, 6) is 0.236. The van der Waals surface area contributed by atoms with Crippen molar-refractivity contribution >= 4 is 21.7 Å². The minimum absolute atomic E-state index is 0.236. The van der Waals surface area contributed by atoms with E-state index >= 15 is 0 Å². The van der Waals surface area contributed by atoms with Crippen LogP contribution in [0.4, 0.5) is 0 Å². The molecule has 2 nitrogen and oxygen atoms in total. The molecule has 0 spiro atoms. The molecule has 1 aromatic carbocycles. The summed E-state index contributed by atoms with van der Waals surface area (Å²) in [6.07, 6.45) is 2.70. The second-order valence-corrected chi connectivity index (χ2v) is 5.69. The third kappa shape index (κ3) is 4.91. The Morgan fingerprint density at radius 1 is 1.33 bits per heavy atom. The van der Waals surface area contributed by atoms with Crippen LogP contribution in [-0.4, -0.2) is 30.3 Å². The average Bonchev–Trinajstić information content (AvgIpc) is 2.38. The monoisotopic (exact) mass is 311 g/mol. The fourth-order valence-electron chi connectivity index (χ4n) is 1.80. The zero-order valence-electron chi connectivity index (χ0n) is 11.4. The van der Waals surface area contributed by atoms with Gasteiger partial charge in [0.1, 0.15) is 0 Å². The molecule has 18 heavy (non-hydrogen) atoms. The van der Waals surface area contributed by atoms with Crippen molar-refractivity contribution in [1.29, 1.82) is 0 Å². The van der Waals surface area contributed by atoms with Gasteiger partial charge in [0.05, 0.1) is 0 Å². The lowest BCUT2D eigenvalue weighted by molar-refractivity contribution is 0.0974. The summed E-state index contributed by atoms with van der Waals surface area (Å²) < 4.78 is 1.01. The number of carbonyl (C=O) groups is 1. The topological polar surface area (TPSA) is 20.3 Å². The predicted octanol–water partition coefficient (Wildman–Crippen LogP) is 4.14. The van der Waals surface area contributed by atoms with Crippen LogP contribution in [0.15, 0.2) is 28.7 Å². The molecule has 1 rings (SSSR count). The standard InChI is InChI=1S/C15H22BrNO/c1-4-12(2)17(3)11-5-6-15(18)13-7-9-14(16)10-8-13/h7-10,12H,4-6,11H2,1-3H3. The molecule has 0 bridgehead atoms. The fraction of sp³-hybridized carbons (Fsp3) is 0.533. The molecule has 1 unspecified atom stereocenters. The third-order valence-electron chi connectivity index (χ3n) is 3.42. The van der Waals surface area contributed by atoms with E-state index in [1.165, 1.54) is 0 Å². The van der Waals surface area contributed by atoms with Gasteiger partial charge in [0, 0.05) is 22.5 Å². The Labute approximate surface area is 119 Å². The van der Waals surface area contributed by atoms with Gasteiger partial charge >= 0.3 is 0 Å². The van der Waals surface area contributed by atoms with Crippen LogP contribution < -0.4 is 0 Å². The summed E-state index contributed by atoms with van der Waals surface area (Å²) in [7, 11) is 2.12. The molecule has 3 heteroatoms. The van der Waals surface area contributed by atoms with Crippen LogP contribution in [-0.2, 0) is 0 Å². The highest BCUT2D eigenvalue weighted by molar-refractivity contribution is 9.10. The SMILES string of the molecule is CCC(C)N(C)CCCC(=O)c1ccc(Br)cc1. The number of benzene rings is 1. The van der Waals surface area contributed by atoms with E-state index in [1.54, 1.807) is 0 Å². The minimum Gasteiger partial charge on any atom is -0.304 e. The smallest absolute Gasteiger partial charge is 0.162 e. The number of Topliss-reactive ketones (excluding diaryl/α,β-unsaturated/α-hetero) is 1. The van der Waals surface area contributed by atoms with Gasteiger partial charge in [0.15, 0.2) is 5.78 Å². The highest BCUT2D eigenvalue weighted by atomic mass is 79.9. The normalized spacial score (nSPS) is 12.7. The lowest BCUT2D eigenvalue weighted by Gasteiger charge is -2.23. The number of rotatable bonds is 7. The molecule has 0 amide bonds. The van der Waals surface area contributed by atoms with Gasteiger partial charge < -0.3 is 4.90 Å². The molecule has 0 saturated carbocycles. The van der Waals surface area contributed by atoms with E-state index in [9.17, 15) is 4.79 Å². The van der Waals surface area contributed by atoms with E-state index in [2.05, 4.69) is 41.7 Å². The maximum Gasteiger partial charge on any atom is 0.162 e. The molecule has 0 heterocycles. The Balaban J connectivity index is 2.35. The van der Waals surface area contributed by atoms with Crippen molar-refractivity contribution in [3.63, 3.8) is 0 Å². The molecule has 0 saturated heterocycles. The average molecular weight is 312 g/mol. The van der Waals surface area contributed by atoms with Crippen LogP contribution in [0.5, 0.6) is 0 Å². The number of ketones is 1. The largest absolute Gasteiger partial charge is 0.304 e. The van der Waals surface area contributed by atoms with Gasteiger partial charge in [-0.1, -0.05) is 35.0 Å². The summed E-state index contributed by atoms with van der Waals surface area (Å²) in [6, 6.07) is 8.18. The van der Waals surface area contributed by atoms with Gasteiger partial charge in [-0.25, -0.2) is 0 Å². The summed E-state index contributed by atoms with van der Waals surface area (Å²) in [5.41, 5.74) is 0.810. The van der Waals surface area contributed by atoms with Crippen molar-refractivity contribution < 1.29 is 4.79 Å². The molecule has 0 N–H and O–H groups in total. The zero-order chi connectivity index (χ0) is 13.5. The van der Waals surface area contributed by atoms with Gasteiger partial charge in [0.25, 0.3) is 0 Å². The van der Waals surface area contributed by atoms with Gasteiger partial charge in [-0.05, 0) is 45.5 Å². The van der Waals surface area contributed by atoms with Crippen LogP contribution in [0.2, 0.25) is 0 Å². The van der Waals surface area contributed by atoms with E-state index in [1.807, 2.05) is 24.3 Å². The van der Waals surface area contributed by atoms with Gasteiger partial charge in [-0.3, -0.25) is 4.79 Å². The Kier molecular flexibility index (Phi) is 6.58. The van der Waals surface area contributed by atoms with Crippen LogP contribution in [0.3, 0.4) is 0 Å². The molecule has 0 aliphatic rings. The first kappa shape index (κ1) is 15.4. The molecule has 1 aromatic rings. The van der Waals surface area contributed by atoms with E-state index in [0.29, 0.717) is 12.5 Å². The molecule has 1 atom stereocenters. The Bertz CT molecular complexity index is 375. The maximum absolute atomic E-state index is 11.9. The van der Waals surface area contributed by atoms with Crippen molar-refractivity contribution in [3.05, 3.63) is 34.3 Å². The lowest BCUT2D eigenvalue weighted by Crippen LogP contribution is -2.29. The summed E-state index contributed by atoms with van der Waals surface area (Å²) in [5, 5.41) is 0. The van der Waals surface area contributed by atoms with Crippen molar-refractivity contribution in [2.75, 3.05) is 13.6 Å². The first-order valence-electron chi connectivity index (χ1n) is 6.53. The number of hydrogen-bond acceptors (Lipinski definition) is 2. The third-order valence-corrected chi connectivity index (χ3v) is 3.95. The van der Waals surface area contributed by atoms with Crippen molar-refractivity contribution in [3.8, 4) is 0 Å². The van der Waals surface area contributed by atoms with Crippen LogP contribution in [0.25, 0.3) is 0 Å². The van der Waals surface area contributed by atoms with E-state index in [-0.39, 0.29) is 5.78 Å². The van der Waals surface area contributed by atoms with Gasteiger partial charge in [-0.15, -0.1) is 0 Å². The van der Waals surface area contributed by atoms with E-state index < -0.39 is 0 Å². The Hall–Kier alpha value is -0.670. The number of nitrogens with zero attached hydrogens (tertiary/aromatic N) is 1. The van der Waals surface area contributed by atoms with E-state index in [0.717, 1.165) is 29.4 Å². The fourth-order valence-corrected chi connectivity index (χ4v) is 2.07. The van der Waals surface area contributed by atoms with Gasteiger partial charge in [0.2, 0.25) is 0 Å². The molecule has 0 radical (unpaired) electrons. The van der Waals surface area contributed by atoms with Crippen LogP contribution >= 0.6 is 15.9 Å². The molecular formula is C15H22BrNO. The molecule has 0 aliphatic heterocycles. The van der Waals surface area contributed by atoms with Crippen LogP contribution in [0, 0.1) is 0 Å².